The number of nitro benzene ring substituents is 1. The number of hydrogen-bond donors (Lipinski definition) is 1. The molecule has 8 nitrogen and oxygen atoms in total. The Morgan fingerprint density at radius 2 is 1.89 bits per heavy atom. The zero-order chi connectivity index (χ0) is 19.4. The summed E-state index contributed by atoms with van der Waals surface area (Å²) in [6, 6.07) is 11.5. The lowest BCUT2D eigenvalue weighted by molar-refractivity contribution is -0.384. The van der Waals surface area contributed by atoms with E-state index in [1.54, 1.807) is 0 Å². The average Bonchev–Trinajstić information content (AvgIpc) is 3.12. The van der Waals surface area contributed by atoms with Gasteiger partial charge in [-0.1, -0.05) is 17.8 Å². The molecule has 0 saturated carbocycles. The maximum atomic E-state index is 12.1. The van der Waals surface area contributed by atoms with E-state index in [0.29, 0.717) is 5.56 Å². The van der Waals surface area contributed by atoms with Crippen LogP contribution in [0.3, 0.4) is 0 Å². The van der Waals surface area contributed by atoms with Crippen LogP contribution in [0.15, 0.2) is 52.1 Å². The molecule has 0 radical (unpaired) electrons. The van der Waals surface area contributed by atoms with Crippen molar-refractivity contribution in [1.82, 2.24) is 10.2 Å². The number of benzene rings is 2. The van der Waals surface area contributed by atoms with Gasteiger partial charge in [0, 0.05) is 23.4 Å². The Hall–Kier alpha value is -3.20. The summed E-state index contributed by atoms with van der Waals surface area (Å²) in [6.45, 7) is 3.99. The van der Waals surface area contributed by atoms with Gasteiger partial charge in [0.05, 0.1) is 10.7 Å². The van der Waals surface area contributed by atoms with Crippen molar-refractivity contribution in [1.29, 1.82) is 0 Å². The number of carbonyl (C=O) groups is 1. The van der Waals surface area contributed by atoms with E-state index < -0.39 is 4.92 Å². The van der Waals surface area contributed by atoms with E-state index in [1.807, 2.05) is 32.0 Å². The molecule has 0 aliphatic rings. The van der Waals surface area contributed by atoms with Crippen molar-refractivity contribution >= 4 is 29.0 Å². The van der Waals surface area contributed by atoms with Crippen LogP contribution in [0.1, 0.15) is 11.1 Å². The minimum absolute atomic E-state index is 0.0177. The molecule has 27 heavy (non-hydrogen) atoms. The number of carbonyl (C=O) groups excluding carboxylic acids is 1. The lowest BCUT2D eigenvalue weighted by Gasteiger charge is -2.06. The van der Waals surface area contributed by atoms with Crippen LogP contribution in [0.25, 0.3) is 11.5 Å². The summed E-state index contributed by atoms with van der Waals surface area (Å²) in [4.78, 5) is 22.3. The van der Waals surface area contributed by atoms with Gasteiger partial charge < -0.3 is 9.73 Å². The minimum atomic E-state index is -0.479. The summed E-state index contributed by atoms with van der Waals surface area (Å²) in [6.07, 6.45) is 0. The second kappa shape index (κ2) is 8.00. The van der Waals surface area contributed by atoms with E-state index in [1.165, 1.54) is 24.3 Å². The number of nitrogens with one attached hydrogen (secondary N) is 1. The standard InChI is InChI=1S/C18H16N4O4S/c1-11-3-6-14(9-12(11)2)19-16(23)10-27-18-21-20-17(26-18)13-4-7-15(8-5-13)22(24)25/h3-9H,10H2,1-2H3,(H,19,23). The van der Waals surface area contributed by atoms with Crippen molar-refractivity contribution in [2.75, 3.05) is 11.1 Å². The molecule has 9 heteroatoms. The highest BCUT2D eigenvalue weighted by Gasteiger charge is 2.13. The summed E-state index contributed by atoms with van der Waals surface area (Å²) < 4.78 is 5.50. The Balaban J connectivity index is 1.58. The molecule has 1 heterocycles. The molecule has 2 aromatic carbocycles. The number of nitro groups is 1. The summed E-state index contributed by atoms with van der Waals surface area (Å²) in [5, 5.41) is 21.5. The molecule has 3 rings (SSSR count). The van der Waals surface area contributed by atoms with E-state index >= 15 is 0 Å². The van der Waals surface area contributed by atoms with Crippen LogP contribution >= 0.6 is 11.8 Å². The average molecular weight is 384 g/mol. The number of nitrogens with zero attached hydrogens (tertiary/aromatic N) is 3. The monoisotopic (exact) mass is 384 g/mol. The Morgan fingerprint density at radius 3 is 2.56 bits per heavy atom. The van der Waals surface area contributed by atoms with Crippen molar-refractivity contribution in [3.8, 4) is 11.5 Å². The van der Waals surface area contributed by atoms with Crippen LogP contribution in [-0.4, -0.2) is 26.8 Å². The van der Waals surface area contributed by atoms with Gasteiger partial charge in [-0.25, -0.2) is 0 Å². The van der Waals surface area contributed by atoms with Gasteiger partial charge in [0.15, 0.2) is 0 Å². The van der Waals surface area contributed by atoms with E-state index in [2.05, 4.69) is 15.5 Å². The van der Waals surface area contributed by atoms with Crippen LogP contribution in [0.5, 0.6) is 0 Å². The number of anilines is 1. The molecule has 1 N–H and O–H groups in total. The van der Waals surface area contributed by atoms with Crippen LogP contribution in [0, 0.1) is 24.0 Å². The number of rotatable bonds is 6. The molecule has 1 amide bonds. The highest BCUT2D eigenvalue weighted by molar-refractivity contribution is 7.99. The second-order valence-electron chi connectivity index (χ2n) is 5.81. The summed E-state index contributed by atoms with van der Waals surface area (Å²) in [5.41, 5.74) is 3.55. The first-order valence-corrected chi connectivity index (χ1v) is 8.99. The molecule has 0 atom stereocenters. The van der Waals surface area contributed by atoms with Gasteiger partial charge in [-0.2, -0.15) is 0 Å². The van der Waals surface area contributed by atoms with Crippen molar-refractivity contribution in [3.05, 3.63) is 63.7 Å². The summed E-state index contributed by atoms with van der Waals surface area (Å²) in [7, 11) is 0. The fraction of sp³-hybridized carbons (Fsp3) is 0.167. The normalized spacial score (nSPS) is 10.6. The van der Waals surface area contributed by atoms with Gasteiger partial charge in [-0.05, 0) is 49.2 Å². The van der Waals surface area contributed by atoms with E-state index in [0.717, 1.165) is 28.6 Å². The van der Waals surface area contributed by atoms with Crippen LogP contribution < -0.4 is 5.32 Å². The molecule has 1 aromatic heterocycles. The third-order valence-electron chi connectivity index (χ3n) is 3.85. The van der Waals surface area contributed by atoms with E-state index in [-0.39, 0.29) is 28.5 Å². The van der Waals surface area contributed by atoms with E-state index in [4.69, 9.17) is 4.42 Å². The van der Waals surface area contributed by atoms with Gasteiger partial charge in [0.2, 0.25) is 11.8 Å². The molecular weight excluding hydrogens is 368 g/mol. The minimum Gasteiger partial charge on any atom is -0.411 e. The Morgan fingerprint density at radius 1 is 1.15 bits per heavy atom. The van der Waals surface area contributed by atoms with Gasteiger partial charge >= 0.3 is 0 Å². The molecular formula is C18H16N4O4S. The third-order valence-corrected chi connectivity index (χ3v) is 4.67. The topological polar surface area (TPSA) is 111 Å². The molecule has 0 spiro atoms. The van der Waals surface area contributed by atoms with Crippen molar-refractivity contribution in [3.63, 3.8) is 0 Å². The number of amides is 1. The smallest absolute Gasteiger partial charge is 0.277 e. The highest BCUT2D eigenvalue weighted by Crippen LogP contribution is 2.25. The molecule has 0 saturated heterocycles. The Labute approximate surface area is 159 Å². The van der Waals surface area contributed by atoms with Crippen molar-refractivity contribution in [2.45, 2.75) is 19.1 Å². The molecule has 3 aromatic rings. The van der Waals surface area contributed by atoms with Gasteiger partial charge in [-0.15, -0.1) is 10.2 Å². The first-order valence-electron chi connectivity index (χ1n) is 8.00. The van der Waals surface area contributed by atoms with Crippen LogP contribution in [0.2, 0.25) is 0 Å². The number of aromatic nitrogens is 2. The SMILES string of the molecule is Cc1ccc(NC(=O)CSc2nnc(-c3ccc([N+](=O)[O-])cc3)o2)cc1C. The molecule has 0 aliphatic carbocycles. The summed E-state index contributed by atoms with van der Waals surface area (Å²) in [5.74, 6) is 0.176. The molecule has 0 fully saturated rings. The number of thioether (sulfide) groups is 1. The number of hydrogen-bond acceptors (Lipinski definition) is 7. The van der Waals surface area contributed by atoms with Crippen LogP contribution in [-0.2, 0) is 4.79 Å². The maximum absolute atomic E-state index is 12.1. The molecule has 0 unspecified atom stereocenters. The van der Waals surface area contributed by atoms with Gasteiger partial charge in [-0.3, -0.25) is 14.9 Å². The lowest BCUT2D eigenvalue weighted by atomic mass is 10.1. The zero-order valence-corrected chi connectivity index (χ0v) is 15.4. The van der Waals surface area contributed by atoms with Gasteiger partial charge in [0.1, 0.15) is 0 Å². The molecule has 0 bridgehead atoms. The lowest BCUT2D eigenvalue weighted by Crippen LogP contribution is -2.14. The van der Waals surface area contributed by atoms with E-state index in [9.17, 15) is 14.9 Å². The quantitative estimate of drug-likeness (QED) is 0.388. The van der Waals surface area contributed by atoms with Crippen molar-refractivity contribution in [2.24, 2.45) is 0 Å². The highest BCUT2D eigenvalue weighted by atomic mass is 32.2. The predicted molar refractivity (Wildman–Crippen MR) is 102 cm³/mol. The fourth-order valence-corrected chi connectivity index (χ4v) is 2.82. The predicted octanol–water partition coefficient (Wildman–Crippen LogP) is 3.99. The Kier molecular flexibility index (Phi) is 5.51. The zero-order valence-electron chi connectivity index (χ0n) is 14.6. The first kappa shape index (κ1) is 18.6. The number of non-ortho nitro benzene ring substituents is 1. The number of aryl methyl sites for hydroxylation is 2. The molecule has 0 aliphatic heterocycles. The largest absolute Gasteiger partial charge is 0.411 e. The van der Waals surface area contributed by atoms with Crippen molar-refractivity contribution < 1.29 is 14.1 Å². The van der Waals surface area contributed by atoms with Gasteiger partial charge in [0.25, 0.3) is 10.9 Å². The summed E-state index contributed by atoms with van der Waals surface area (Å²) >= 11 is 1.12. The third kappa shape index (κ3) is 4.70. The molecule has 138 valence electrons. The van der Waals surface area contributed by atoms with Crippen LogP contribution in [0.4, 0.5) is 11.4 Å². The first-order chi connectivity index (χ1) is 12.9. The Bertz CT molecular complexity index is 985. The maximum Gasteiger partial charge on any atom is 0.277 e. The second-order valence-corrected chi connectivity index (χ2v) is 6.74. The fourth-order valence-electron chi connectivity index (χ4n) is 2.25.